The molecule has 0 saturated carbocycles. The molecule has 9 heteroatoms. The number of rotatable bonds is 7. The van der Waals surface area contributed by atoms with Crippen LogP contribution in [0.4, 0.5) is 14.5 Å². The molecule has 0 saturated heterocycles. The molecule has 3 aromatic rings. The third-order valence-corrected chi connectivity index (χ3v) is 4.73. The number of carbonyl (C=O) groups is 1. The number of hydrogen-bond acceptors (Lipinski definition) is 5. The molecule has 2 aromatic carbocycles. The minimum atomic E-state index is -2.68. The van der Waals surface area contributed by atoms with E-state index in [0.29, 0.717) is 16.8 Å². The molecule has 168 valence electrons. The molecule has 0 bridgehead atoms. The number of ether oxygens (including phenoxy) is 1. The molecule has 0 aliphatic carbocycles. The van der Waals surface area contributed by atoms with Gasteiger partial charge in [-0.2, -0.15) is 9.78 Å². The number of benzene rings is 2. The van der Waals surface area contributed by atoms with Crippen LogP contribution < -0.4 is 15.6 Å². The van der Waals surface area contributed by atoms with E-state index in [-0.39, 0.29) is 17.0 Å². The number of para-hydroxylation sites is 2. The van der Waals surface area contributed by atoms with E-state index in [1.54, 1.807) is 51.1 Å². The van der Waals surface area contributed by atoms with Crippen LogP contribution in [-0.4, -0.2) is 33.8 Å². The third kappa shape index (κ3) is 5.17. The molecule has 0 fully saturated rings. The fourth-order valence-electron chi connectivity index (χ4n) is 3.04. The van der Waals surface area contributed by atoms with Crippen molar-refractivity contribution < 1.29 is 23.4 Å². The van der Waals surface area contributed by atoms with Gasteiger partial charge in [0.25, 0.3) is 17.9 Å². The van der Waals surface area contributed by atoms with Gasteiger partial charge in [-0.3, -0.25) is 9.59 Å². The van der Waals surface area contributed by atoms with Crippen molar-refractivity contribution in [2.24, 2.45) is 0 Å². The van der Waals surface area contributed by atoms with Crippen molar-refractivity contribution in [2.45, 2.75) is 32.8 Å². The first-order chi connectivity index (χ1) is 15.1. The second-order valence-electron chi connectivity index (χ2n) is 7.67. The summed E-state index contributed by atoms with van der Waals surface area (Å²) < 4.78 is 31.1. The van der Waals surface area contributed by atoms with E-state index in [1.165, 1.54) is 24.4 Å². The Balaban J connectivity index is 1.92. The number of carbonyl (C=O) groups excluding carboxylic acids is 1. The van der Waals surface area contributed by atoms with Crippen molar-refractivity contribution in [3.05, 3.63) is 81.8 Å². The summed E-state index contributed by atoms with van der Waals surface area (Å²) in [6.07, 6.45) is -1.42. The molecule has 7 nitrogen and oxygen atoms in total. The molecule has 0 atom stereocenters. The van der Waals surface area contributed by atoms with Crippen LogP contribution in [0.25, 0.3) is 5.69 Å². The average molecular weight is 443 g/mol. The van der Waals surface area contributed by atoms with Gasteiger partial charge in [0.05, 0.1) is 5.60 Å². The monoisotopic (exact) mass is 443 g/mol. The molecule has 3 rings (SSSR count). The summed E-state index contributed by atoms with van der Waals surface area (Å²) in [5, 5.41) is 16.8. The number of amides is 1. The van der Waals surface area contributed by atoms with Crippen molar-refractivity contribution in [1.82, 2.24) is 9.78 Å². The van der Waals surface area contributed by atoms with Crippen LogP contribution >= 0.6 is 0 Å². The molecule has 0 spiro atoms. The van der Waals surface area contributed by atoms with Crippen LogP contribution in [0, 0.1) is 6.92 Å². The van der Waals surface area contributed by atoms with Gasteiger partial charge in [-0.25, -0.2) is 8.78 Å². The van der Waals surface area contributed by atoms with Gasteiger partial charge >= 0.3 is 0 Å². The van der Waals surface area contributed by atoms with Crippen molar-refractivity contribution in [3.63, 3.8) is 0 Å². The minimum Gasteiger partial charge on any atom is -0.485 e. The SMILES string of the molecule is Cc1cc(C(C)(C)O)ccc1NC(=O)c1ccnn(-c2ccccc2OCC(F)F)c1=O. The van der Waals surface area contributed by atoms with Crippen molar-refractivity contribution in [3.8, 4) is 11.4 Å². The lowest BCUT2D eigenvalue weighted by molar-refractivity contribution is 0.0785. The van der Waals surface area contributed by atoms with Gasteiger partial charge in [0.2, 0.25) is 0 Å². The first kappa shape index (κ1) is 23.1. The van der Waals surface area contributed by atoms with Gasteiger partial charge < -0.3 is 15.2 Å². The van der Waals surface area contributed by atoms with Crippen molar-refractivity contribution in [2.75, 3.05) is 11.9 Å². The first-order valence-electron chi connectivity index (χ1n) is 9.81. The maximum atomic E-state index is 13.0. The molecule has 0 unspecified atom stereocenters. The summed E-state index contributed by atoms with van der Waals surface area (Å²) in [6, 6.07) is 12.4. The predicted molar refractivity (Wildman–Crippen MR) is 116 cm³/mol. The minimum absolute atomic E-state index is 0.0398. The van der Waals surface area contributed by atoms with E-state index in [9.17, 15) is 23.5 Å². The standard InChI is InChI=1S/C23H23F2N3O4/c1-14-12-15(23(2,3)31)8-9-17(14)27-21(29)16-10-11-26-28(22(16)30)18-6-4-5-7-19(18)32-13-20(24)25/h4-12,20,31H,13H2,1-3H3,(H,27,29). The normalized spacial score (nSPS) is 11.5. The zero-order chi connectivity index (χ0) is 23.5. The Kier molecular flexibility index (Phi) is 6.69. The van der Waals surface area contributed by atoms with Gasteiger partial charge in [0, 0.05) is 11.9 Å². The van der Waals surface area contributed by atoms with Gasteiger partial charge in [0.15, 0.2) is 0 Å². The number of aromatic nitrogens is 2. The molecule has 1 aromatic heterocycles. The lowest BCUT2D eigenvalue weighted by Crippen LogP contribution is -2.30. The van der Waals surface area contributed by atoms with Gasteiger partial charge in [0.1, 0.15) is 23.6 Å². The van der Waals surface area contributed by atoms with Crippen molar-refractivity contribution >= 4 is 11.6 Å². The second-order valence-corrected chi connectivity index (χ2v) is 7.67. The number of nitrogens with one attached hydrogen (secondary N) is 1. The van der Waals surface area contributed by atoms with Gasteiger partial charge in [-0.05, 0) is 56.2 Å². The van der Waals surface area contributed by atoms with E-state index >= 15 is 0 Å². The molecule has 0 aliphatic rings. The molecule has 1 heterocycles. The fourth-order valence-corrected chi connectivity index (χ4v) is 3.04. The fraction of sp³-hybridized carbons (Fsp3) is 0.261. The maximum Gasteiger partial charge on any atom is 0.284 e. The molecule has 1 amide bonds. The van der Waals surface area contributed by atoms with E-state index in [2.05, 4.69) is 10.4 Å². The largest absolute Gasteiger partial charge is 0.485 e. The molecular weight excluding hydrogens is 420 g/mol. The summed E-state index contributed by atoms with van der Waals surface area (Å²) in [4.78, 5) is 25.8. The number of anilines is 1. The van der Waals surface area contributed by atoms with Crippen LogP contribution in [-0.2, 0) is 5.60 Å². The highest BCUT2D eigenvalue weighted by molar-refractivity contribution is 6.04. The summed E-state index contributed by atoms with van der Waals surface area (Å²) >= 11 is 0. The Morgan fingerprint density at radius 2 is 1.94 bits per heavy atom. The maximum absolute atomic E-state index is 13.0. The number of halogens is 2. The molecule has 0 radical (unpaired) electrons. The molecule has 32 heavy (non-hydrogen) atoms. The van der Waals surface area contributed by atoms with Crippen LogP contribution in [0.15, 0.2) is 59.5 Å². The first-order valence-corrected chi connectivity index (χ1v) is 9.81. The van der Waals surface area contributed by atoms with Gasteiger partial charge in [-0.15, -0.1) is 0 Å². The summed E-state index contributed by atoms with van der Waals surface area (Å²) in [7, 11) is 0. The van der Waals surface area contributed by atoms with E-state index in [4.69, 9.17) is 4.74 Å². The predicted octanol–water partition coefficient (Wildman–Crippen LogP) is 3.66. The van der Waals surface area contributed by atoms with Crippen LogP contribution in [0.3, 0.4) is 0 Å². The third-order valence-electron chi connectivity index (χ3n) is 4.73. The van der Waals surface area contributed by atoms with Crippen LogP contribution in [0.5, 0.6) is 5.75 Å². The van der Waals surface area contributed by atoms with E-state index < -0.39 is 30.1 Å². The molecule has 2 N–H and O–H groups in total. The van der Waals surface area contributed by atoms with Crippen LogP contribution in [0.2, 0.25) is 0 Å². The second kappa shape index (κ2) is 9.27. The number of hydrogen-bond donors (Lipinski definition) is 2. The van der Waals surface area contributed by atoms with Gasteiger partial charge in [-0.1, -0.05) is 24.3 Å². The molecular formula is C23H23F2N3O4. The van der Waals surface area contributed by atoms with Crippen LogP contribution in [0.1, 0.15) is 35.3 Å². The zero-order valence-electron chi connectivity index (χ0n) is 17.8. The molecule has 0 aliphatic heterocycles. The van der Waals surface area contributed by atoms with Crippen molar-refractivity contribution in [1.29, 1.82) is 0 Å². The number of aliphatic hydroxyl groups is 1. The number of aryl methyl sites for hydroxylation is 1. The van der Waals surface area contributed by atoms with E-state index in [1.807, 2.05) is 0 Å². The summed E-state index contributed by atoms with van der Waals surface area (Å²) in [5.41, 5.74) is 0.0486. The summed E-state index contributed by atoms with van der Waals surface area (Å²) in [5.74, 6) is -0.616. The quantitative estimate of drug-likeness (QED) is 0.581. The summed E-state index contributed by atoms with van der Waals surface area (Å²) in [6.45, 7) is 4.24. The lowest BCUT2D eigenvalue weighted by Gasteiger charge is -2.19. The Morgan fingerprint density at radius 1 is 1.22 bits per heavy atom. The highest BCUT2D eigenvalue weighted by Crippen LogP contribution is 2.25. The smallest absolute Gasteiger partial charge is 0.284 e. The zero-order valence-corrected chi connectivity index (χ0v) is 17.8. The highest BCUT2D eigenvalue weighted by Gasteiger charge is 2.19. The Morgan fingerprint density at radius 3 is 2.59 bits per heavy atom. The number of nitrogens with zero attached hydrogens (tertiary/aromatic N) is 2. The van der Waals surface area contributed by atoms with E-state index in [0.717, 1.165) is 4.68 Å². The number of alkyl halides is 2. The topological polar surface area (TPSA) is 93.5 Å². The Hall–Kier alpha value is -3.59. The highest BCUT2D eigenvalue weighted by atomic mass is 19.3. The Labute approximate surface area is 183 Å². The Bertz CT molecular complexity index is 1190. The lowest BCUT2D eigenvalue weighted by atomic mass is 9.96. The average Bonchev–Trinajstić information content (AvgIpc) is 2.73.